The second-order valence-corrected chi connectivity index (χ2v) is 9.93. The number of fused-ring (bicyclic) bond motifs is 7. The summed E-state index contributed by atoms with van der Waals surface area (Å²) in [5.41, 5.74) is 9.79. The van der Waals surface area contributed by atoms with Crippen molar-refractivity contribution in [3.63, 3.8) is 0 Å². The van der Waals surface area contributed by atoms with Gasteiger partial charge in [0.15, 0.2) is 0 Å². The molecule has 0 radical (unpaired) electrons. The number of benzene rings is 5. The van der Waals surface area contributed by atoms with Crippen molar-refractivity contribution in [1.29, 1.82) is 5.26 Å². The maximum Gasteiger partial charge on any atom is 0.136 e. The Morgan fingerprint density at radius 2 is 1.43 bits per heavy atom. The van der Waals surface area contributed by atoms with Gasteiger partial charge in [0.2, 0.25) is 0 Å². The van der Waals surface area contributed by atoms with Crippen molar-refractivity contribution in [3.8, 4) is 34.1 Å². The van der Waals surface area contributed by atoms with E-state index < -0.39 is 0 Å². The molecule has 8 rings (SSSR count). The highest BCUT2D eigenvalue weighted by atomic mass is 16.3. The lowest BCUT2D eigenvalue weighted by atomic mass is 9.99. The third-order valence-electron chi connectivity index (χ3n) is 7.68. The Bertz CT molecular complexity index is 2280. The summed E-state index contributed by atoms with van der Waals surface area (Å²) in [6, 6.07) is 43.9. The van der Waals surface area contributed by atoms with E-state index in [9.17, 15) is 0 Å². The molecule has 5 aromatic carbocycles. The van der Waals surface area contributed by atoms with Gasteiger partial charge in [-0.1, -0.05) is 72.8 Å². The van der Waals surface area contributed by atoms with Crippen molar-refractivity contribution >= 4 is 43.7 Å². The lowest BCUT2D eigenvalue weighted by Gasteiger charge is -2.15. The van der Waals surface area contributed by atoms with Crippen molar-refractivity contribution in [2.75, 3.05) is 0 Å². The van der Waals surface area contributed by atoms with Gasteiger partial charge < -0.3 is 8.98 Å². The molecule has 40 heavy (non-hydrogen) atoms. The minimum Gasteiger partial charge on any atom is -0.456 e. The van der Waals surface area contributed by atoms with E-state index in [0.29, 0.717) is 5.56 Å². The van der Waals surface area contributed by atoms with Gasteiger partial charge in [0.05, 0.1) is 28.0 Å². The van der Waals surface area contributed by atoms with Gasteiger partial charge in [-0.25, -0.2) is 0 Å². The Morgan fingerprint density at radius 1 is 0.625 bits per heavy atom. The van der Waals surface area contributed by atoms with E-state index in [4.69, 9.17) is 9.68 Å². The largest absolute Gasteiger partial charge is 0.456 e. The predicted molar refractivity (Wildman–Crippen MR) is 161 cm³/mol. The normalized spacial score (nSPS) is 11.5. The van der Waals surface area contributed by atoms with Gasteiger partial charge in [0.1, 0.15) is 17.2 Å². The van der Waals surface area contributed by atoms with Crippen molar-refractivity contribution in [1.82, 2.24) is 9.55 Å². The molecule has 0 spiro atoms. The first-order valence-corrected chi connectivity index (χ1v) is 13.2. The SMILES string of the molecule is N#Cc1ccc(-c2cccc(-c3ccccc3-n3c4ccccc4c4c5c(ccc43)oc3ccccc35)c2)nc1. The Morgan fingerprint density at radius 3 is 2.30 bits per heavy atom. The Labute approximate surface area is 230 Å². The molecule has 3 aromatic heterocycles. The van der Waals surface area contributed by atoms with Crippen molar-refractivity contribution in [3.05, 3.63) is 133 Å². The third kappa shape index (κ3) is 3.28. The summed E-state index contributed by atoms with van der Waals surface area (Å²) in [5, 5.41) is 13.8. The molecular formula is C36H21N3O. The van der Waals surface area contributed by atoms with Gasteiger partial charge in [-0.15, -0.1) is 0 Å². The molecule has 4 nitrogen and oxygen atoms in total. The van der Waals surface area contributed by atoms with Crippen molar-refractivity contribution in [2.24, 2.45) is 0 Å². The Hall–Kier alpha value is -5.66. The average molecular weight is 512 g/mol. The first kappa shape index (κ1) is 22.3. The molecule has 3 heterocycles. The summed E-state index contributed by atoms with van der Waals surface area (Å²) in [7, 11) is 0. The molecule has 0 atom stereocenters. The maximum atomic E-state index is 9.16. The summed E-state index contributed by atoms with van der Waals surface area (Å²) < 4.78 is 8.62. The number of aromatic nitrogens is 2. The first-order valence-electron chi connectivity index (χ1n) is 13.2. The van der Waals surface area contributed by atoms with E-state index in [1.54, 1.807) is 12.3 Å². The van der Waals surface area contributed by atoms with Crippen LogP contribution >= 0.6 is 0 Å². The second kappa shape index (κ2) is 8.69. The fourth-order valence-corrected chi connectivity index (χ4v) is 5.92. The van der Waals surface area contributed by atoms with Gasteiger partial charge in [0, 0.05) is 38.9 Å². The molecule has 0 aliphatic carbocycles. The van der Waals surface area contributed by atoms with E-state index in [1.807, 2.05) is 18.2 Å². The molecule has 0 aliphatic rings. The zero-order valence-electron chi connectivity index (χ0n) is 21.4. The fraction of sp³-hybridized carbons (Fsp3) is 0. The van der Waals surface area contributed by atoms with Crippen LogP contribution < -0.4 is 0 Å². The smallest absolute Gasteiger partial charge is 0.136 e. The van der Waals surface area contributed by atoms with E-state index in [2.05, 4.69) is 113 Å². The molecule has 0 amide bonds. The van der Waals surface area contributed by atoms with E-state index in [-0.39, 0.29) is 0 Å². The molecule has 0 N–H and O–H groups in total. The van der Waals surface area contributed by atoms with Crippen LogP contribution in [0.5, 0.6) is 0 Å². The van der Waals surface area contributed by atoms with Crippen LogP contribution in [0.3, 0.4) is 0 Å². The molecule has 8 aromatic rings. The highest BCUT2D eigenvalue weighted by Crippen LogP contribution is 2.42. The predicted octanol–water partition coefficient (Wildman–Crippen LogP) is 9.28. The maximum absolute atomic E-state index is 9.16. The van der Waals surface area contributed by atoms with Crippen LogP contribution in [-0.2, 0) is 0 Å². The zero-order chi connectivity index (χ0) is 26.6. The number of nitrogens with zero attached hydrogens (tertiary/aromatic N) is 3. The summed E-state index contributed by atoms with van der Waals surface area (Å²) in [6.07, 6.45) is 1.62. The lowest BCUT2D eigenvalue weighted by molar-refractivity contribution is 0.669. The van der Waals surface area contributed by atoms with Gasteiger partial charge in [-0.3, -0.25) is 4.98 Å². The summed E-state index contributed by atoms with van der Waals surface area (Å²) in [6.45, 7) is 0. The van der Waals surface area contributed by atoms with Crippen LogP contribution in [0.25, 0.3) is 71.8 Å². The number of pyridine rings is 1. The third-order valence-corrected chi connectivity index (χ3v) is 7.68. The molecule has 186 valence electrons. The number of furan rings is 1. The highest BCUT2D eigenvalue weighted by Gasteiger charge is 2.20. The van der Waals surface area contributed by atoms with Crippen molar-refractivity contribution < 1.29 is 4.42 Å². The van der Waals surface area contributed by atoms with Crippen molar-refractivity contribution in [2.45, 2.75) is 0 Å². The molecule has 0 saturated carbocycles. The van der Waals surface area contributed by atoms with Gasteiger partial charge in [0.25, 0.3) is 0 Å². The van der Waals surface area contributed by atoms with E-state index >= 15 is 0 Å². The van der Waals surface area contributed by atoms with Crippen LogP contribution in [-0.4, -0.2) is 9.55 Å². The molecule has 4 heteroatoms. The summed E-state index contributed by atoms with van der Waals surface area (Å²) >= 11 is 0. The Kier molecular flexibility index (Phi) is 4.85. The van der Waals surface area contributed by atoms with Gasteiger partial charge >= 0.3 is 0 Å². The standard InChI is InChI=1S/C36H21N3O/c37-21-23-16-17-29(38-22-23)25-9-7-8-24(20-25)26-10-1-4-13-30(26)39-31-14-5-2-11-27(31)35-32(39)18-19-34-36(35)28-12-3-6-15-33(28)40-34/h1-20,22H. The number of hydrogen-bond donors (Lipinski definition) is 0. The number of rotatable bonds is 3. The van der Waals surface area contributed by atoms with E-state index in [0.717, 1.165) is 61.0 Å². The lowest BCUT2D eigenvalue weighted by Crippen LogP contribution is -1.97. The van der Waals surface area contributed by atoms with E-state index in [1.165, 1.54) is 10.8 Å². The molecule has 0 unspecified atom stereocenters. The van der Waals surface area contributed by atoms with Gasteiger partial charge in [-0.2, -0.15) is 5.26 Å². The summed E-state index contributed by atoms with van der Waals surface area (Å²) in [5.74, 6) is 0. The summed E-state index contributed by atoms with van der Waals surface area (Å²) in [4.78, 5) is 4.52. The quantitative estimate of drug-likeness (QED) is 0.237. The molecule has 0 saturated heterocycles. The van der Waals surface area contributed by atoms with Crippen LogP contribution in [0.1, 0.15) is 5.56 Å². The number of nitriles is 1. The van der Waals surface area contributed by atoms with Crippen LogP contribution in [0, 0.1) is 11.3 Å². The van der Waals surface area contributed by atoms with Crippen LogP contribution in [0.4, 0.5) is 0 Å². The molecular weight excluding hydrogens is 490 g/mol. The van der Waals surface area contributed by atoms with Crippen LogP contribution in [0.15, 0.2) is 132 Å². The monoisotopic (exact) mass is 511 g/mol. The molecule has 0 bridgehead atoms. The zero-order valence-corrected chi connectivity index (χ0v) is 21.4. The second-order valence-electron chi connectivity index (χ2n) is 9.93. The first-order chi connectivity index (χ1) is 19.8. The average Bonchev–Trinajstić information content (AvgIpc) is 3.57. The number of hydrogen-bond acceptors (Lipinski definition) is 3. The fourth-order valence-electron chi connectivity index (χ4n) is 5.92. The Balaban J connectivity index is 1.40. The minimum atomic E-state index is 0.552. The number of para-hydroxylation sites is 3. The molecule has 0 fully saturated rings. The molecule has 0 aliphatic heterocycles. The van der Waals surface area contributed by atoms with Crippen LogP contribution in [0.2, 0.25) is 0 Å². The topological polar surface area (TPSA) is 54.8 Å². The minimum absolute atomic E-state index is 0.552. The van der Waals surface area contributed by atoms with Gasteiger partial charge in [-0.05, 0) is 54.1 Å². The highest BCUT2D eigenvalue weighted by molar-refractivity contribution is 6.27.